The Morgan fingerprint density at radius 1 is 1.06 bits per heavy atom. The van der Waals surface area contributed by atoms with Crippen LogP contribution in [0.25, 0.3) is 0 Å². The molecule has 1 aliphatic heterocycles. The topological polar surface area (TPSA) is 73.9 Å². The number of alkyl carbamates (subject to hydrolysis) is 1. The van der Waals surface area contributed by atoms with Crippen LogP contribution < -0.4 is 14.8 Å². The van der Waals surface area contributed by atoms with Crippen molar-refractivity contribution in [3.63, 3.8) is 0 Å². The first-order valence-electron chi connectivity index (χ1n) is 11.0. The van der Waals surface area contributed by atoms with Crippen molar-refractivity contribution in [3.8, 4) is 17.2 Å². The molecule has 7 heteroatoms. The Morgan fingerprint density at radius 2 is 1.88 bits per heavy atom. The van der Waals surface area contributed by atoms with E-state index in [1.165, 1.54) is 0 Å². The van der Waals surface area contributed by atoms with Gasteiger partial charge in [-0.1, -0.05) is 37.1 Å². The minimum atomic E-state index is -1.23. The first-order valence-corrected chi connectivity index (χ1v) is 11.4. The SMILES string of the molecule is CCCc1cc(OC2=CC=C(Cl)CC2)ccc1Oc1cccc(CC2(C)OC(=O)NC2=O)c1. The third-order valence-corrected chi connectivity index (χ3v) is 5.86. The van der Waals surface area contributed by atoms with Gasteiger partial charge in [0.05, 0.1) is 0 Å². The second-order valence-corrected chi connectivity index (χ2v) is 8.85. The summed E-state index contributed by atoms with van der Waals surface area (Å²) in [6.45, 7) is 3.72. The second kappa shape index (κ2) is 9.71. The molecule has 1 unspecified atom stereocenters. The molecule has 4 rings (SSSR count). The molecule has 0 bridgehead atoms. The predicted molar refractivity (Wildman–Crippen MR) is 126 cm³/mol. The van der Waals surface area contributed by atoms with Crippen LogP contribution in [-0.4, -0.2) is 17.6 Å². The predicted octanol–water partition coefficient (Wildman–Crippen LogP) is 6.18. The first-order chi connectivity index (χ1) is 15.8. The van der Waals surface area contributed by atoms with E-state index < -0.39 is 17.6 Å². The normalized spacial score (nSPS) is 20.0. The molecule has 172 valence electrons. The van der Waals surface area contributed by atoms with Gasteiger partial charge in [0, 0.05) is 17.9 Å². The molecule has 6 nitrogen and oxygen atoms in total. The quantitative estimate of drug-likeness (QED) is 0.502. The molecule has 0 saturated carbocycles. The molecule has 2 aromatic rings. The minimum Gasteiger partial charge on any atom is -0.462 e. The smallest absolute Gasteiger partial charge is 0.415 e. The molecule has 1 fully saturated rings. The maximum atomic E-state index is 12.1. The molecule has 2 aromatic carbocycles. The Labute approximate surface area is 198 Å². The van der Waals surface area contributed by atoms with Crippen molar-refractivity contribution in [1.29, 1.82) is 0 Å². The fourth-order valence-corrected chi connectivity index (χ4v) is 4.02. The number of carbonyl (C=O) groups is 2. The van der Waals surface area contributed by atoms with E-state index >= 15 is 0 Å². The number of carbonyl (C=O) groups excluding carboxylic acids is 2. The number of allylic oxidation sites excluding steroid dienone is 4. The summed E-state index contributed by atoms with van der Waals surface area (Å²) in [7, 11) is 0. The number of imide groups is 1. The van der Waals surface area contributed by atoms with Crippen molar-refractivity contribution in [2.75, 3.05) is 0 Å². The van der Waals surface area contributed by atoms with Gasteiger partial charge in [-0.05, 0) is 73.4 Å². The average molecular weight is 468 g/mol. The van der Waals surface area contributed by atoms with Gasteiger partial charge in [0.25, 0.3) is 5.91 Å². The highest BCUT2D eigenvalue weighted by Crippen LogP contribution is 2.33. The maximum Gasteiger partial charge on any atom is 0.415 e. The molecule has 1 aliphatic carbocycles. The zero-order valence-corrected chi connectivity index (χ0v) is 19.4. The van der Waals surface area contributed by atoms with Crippen molar-refractivity contribution >= 4 is 23.6 Å². The van der Waals surface area contributed by atoms with Crippen molar-refractivity contribution < 1.29 is 23.8 Å². The second-order valence-electron chi connectivity index (χ2n) is 8.37. The Bertz CT molecular complexity index is 1140. The summed E-state index contributed by atoms with van der Waals surface area (Å²) in [6, 6.07) is 13.2. The average Bonchev–Trinajstić information content (AvgIpc) is 3.03. The highest BCUT2D eigenvalue weighted by molar-refractivity contribution is 6.29. The number of nitrogens with one attached hydrogen (secondary N) is 1. The molecule has 0 aromatic heterocycles. The third kappa shape index (κ3) is 5.57. The van der Waals surface area contributed by atoms with Gasteiger partial charge in [-0.2, -0.15) is 0 Å². The van der Waals surface area contributed by atoms with Gasteiger partial charge in [-0.25, -0.2) is 4.79 Å². The number of cyclic esters (lactones) is 1. The van der Waals surface area contributed by atoms with E-state index in [1.54, 1.807) is 6.92 Å². The summed E-state index contributed by atoms with van der Waals surface area (Å²) in [5.74, 6) is 2.60. The molecule has 1 saturated heterocycles. The summed E-state index contributed by atoms with van der Waals surface area (Å²) >= 11 is 6.03. The summed E-state index contributed by atoms with van der Waals surface area (Å²) < 4.78 is 17.4. The monoisotopic (exact) mass is 467 g/mol. The van der Waals surface area contributed by atoms with E-state index in [2.05, 4.69) is 12.2 Å². The van der Waals surface area contributed by atoms with Gasteiger partial charge < -0.3 is 14.2 Å². The van der Waals surface area contributed by atoms with Gasteiger partial charge in [-0.15, -0.1) is 0 Å². The number of aryl methyl sites for hydroxylation is 1. The number of rotatable bonds is 8. The Kier molecular flexibility index (Phi) is 6.75. The van der Waals surface area contributed by atoms with E-state index in [1.807, 2.05) is 54.6 Å². The number of halogens is 1. The van der Waals surface area contributed by atoms with Crippen LogP contribution in [0.3, 0.4) is 0 Å². The summed E-state index contributed by atoms with van der Waals surface area (Å²) in [4.78, 5) is 23.5. The van der Waals surface area contributed by atoms with Crippen LogP contribution >= 0.6 is 11.6 Å². The lowest BCUT2D eigenvalue weighted by Crippen LogP contribution is -2.38. The van der Waals surface area contributed by atoms with E-state index in [9.17, 15) is 9.59 Å². The van der Waals surface area contributed by atoms with Gasteiger partial charge in [0.2, 0.25) is 0 Å². The number of amides is 2. The van der Waals surface area contributed by atoms with E-state index in [0.29, 0.717) is 5.75 Å². The van der Waals surface area contributed by atoms with Gasteiger partial charge >= 0.3 is 6.09 Å². The number of benzene rings is 2. The lowest BCUT2D eigenvalue weighted by atomic mass is 9.96. The highest BCUT2D eigenvalue weighted by Gasteiger charge is 2.44. The van der Waals surface area contributed by atoms with Crippen LogP contribution in [0.2, 0.25) is 0 Å². The standard InChI is InChI=1S/C26H26ClNO5/c1-3-5-18-15-22(31-20-10-8-19(27)9-11-20)12-13-23(18)32-21-7-4-6-17(14-21)16-26(2)24(29)28-25(30)33-26/h4,6-8,10,12-15H,3,5,9,11,16H2,1-2H3,(H,28,29,30). The fourth-order valence-electron chi connectivity index (χ4n) is 3.87. The lowest BCUT2D eigenvalue weighted by Gasteiger charge is -2.19. The Hall–Kier alpha value is -3.25. The zero-order chi connectivity index (χ0) is 23.4. The lowest BCUT2D eigenvalue weighted by molar-refractivity contribution is -0.129. The summed E-state index contributed by atoms with van der Waals surface area (Å²) in [5.41, 5.74) is 0.643. The molecule has 0 spiro atoms. The van der Waals surface area contributed by atoms with Crippen molar-refractivity contribution in [3.05, 3.63) is 76.5 Å². The van der Waals surface area contributed by atoms with E-state index in [4.69, 9.17) is 25.8 Å². The molecule has 1 atom stereocenters. The molecular weight excluding hydrogens is 442 g/mol. The number of hydrogen-bond acceptors (Lipinski definition) is 5. The Balaban J connectivity index is 1.50. The number of ether oxygens (including phenoxy) is 3. The van der Waals surface area contributed by atoms with Crippen molar-refractivity contribution in [2.24, 2.45) is 0 Å². The van der Waals surface area contributed by atoms with Crippen LogP contribution in [0.4, 0.5) is 4.79 Å². The largest absolute Gasteiger partial charge is 0.462 e. The number of hydrogen-bond donors (Lipinski definition) is 1. The molecule has 2 amide bonds. The van der Waals surface area contributed by atoms with Crippen LogP contribution in [0.15, 0.2) is 65.4 Å². The summed E-state index contributed by atoms with van der Waals surface area (Å²) in [6.07, 6.45) is 6.67. The summed E-state index contributed by atoms with van der Waals surface area (Å²) in [5, 5.41) is 3.02. The van der Waals surface area contributed by atoms with Gasteiger partial charge in [-0.3, -0.25) is 10.1 Å². The third-order valence-electron chi connectivity index (χ3n) is 5.54. The van der Waals surface area contributed by atoms with E-state index in [-0.39, 0.29) is 6.42 Å². The van der Waals surface area contributed by atoms with Crippen LogP contribution in [0, 0.1) is 0 Å². The fraction of sp³-hybridized carbons (Fsp3) is 0.308. The van der Waals surface area contributed by atoms with Crippen LogP contribution in [-0.2, 0) is 22.4 Å². The van der Waals surface area contributed by atoms with Crippen molar-refractivity contribution in [2.45, 2.75) is 51.6 Å². The molecular formula is C26H26ClNO5. The van der Waals surface area contributed by atoms with Crippen LogP contribution in [0.1, 0.15) is 44.2 Å². The maximum absolute atomic E-state index is 12.1. The van der Waals surface area contributed by atoms with Gasteiger partial charge in [0.15, 0.2) is 5.60 Å². The highest BCUT2D eigenvalue weighted by atomic mass is 35.5. The van der Waals surface area contributed by atoms with Crippen LogP contribution in [0.5, 0.6) is 17.2 Å². The minimum absolute atomic E-state index is 0.254. The molecule has 1 heterocycles. The Morgan fingerprint density at radius 3 is 2.58 bits per heavy atom. The molecule has 0 radical (unpaired) electrons. The van der Waals surface area contributed by atoms with Gasteiger partial charge in [0.1, 0.15) is 23.0 Å². The first kappa shape index (κ1) is 22.9. The molecule has 1 N–H and O–H groups in total. The molecule has 2 aliphatic rings. The zero-order valence-electron chi connectivity index (χ0n) is 18.7. The van der Waals surface area contributed by atoms with E-state index in [0.717, 1.165) is 59.1 Å². The van der Waals surface area contributed by atoms with Crippen molar-refractivity contribution in [1.82, 2.24) is 5.32 Å². The molecule has 33 heavy (non-hydrogen) atoms.